The quantitative estimate of drug-likeness (QED) is 0.663. The molecule has 3 aliphatic rings. The Kier molecular flexibility index (Phi) is 6.05. The zero-order chi connectivity index (χ0) is 24.1. The summed E-state index contributed by atoms with van der Waals surface area (Å²) < 4.78 is 71.8. The first-order valence-electron chi connectivity index (χ1n) is 10.6. The largest absolute Gasteiger partial charge is 0.384 e. The van der Waals surface area contributed by atoms with Crippen molar-refractivity contribution >= 4 is 15.9 Å². The number of alkyl halides is 1. The van der Waals surface area contributed by atoms with E-state index in [0.29, 0.717) is 5.56 Å². The average Bonchev–Trinajstić information content (AvgIpc) is 2.71. The summed E-state index contributed by atoms with van der Waals surface area (Å²) in [5.41, 5.74) is -1.61. The van der Waals surface area contributed by atoms with Crippen LogP contribution in [0, 0.1) is 11.6 Å². The van der Waals surface area contributed by atoms with E-state index in [1.54, 1.807) is 30.3 Å². The van der Waals surface area contributed by atoms with Crippen LogP contribution in [-0.2, 0) is 21.2 Å². The molecule has 1 amide bonds. The average molecular weight is 483 g/mol. The van der Waals surface area contributed by atoms with Crippen molar-refractivity contribution in [3.05, 3.63) is 59.7 Å². The minimum atomic E-state index is -3.89. The van der Waals surface area contributed by atoms with Crippen molar-refractivity contribution in [2.75, 3.05) is 6.26 Å². The first kappa shape index (κ1) is 23.7. The van der Waals surface area contributed by atoms with Gasteiger partial charge in [-0.3, -0.25) is 4.79 Å². The second-order valence-electron chi connectivity index (χ2n) is 8.95. The lowest BCUT2D eigenvalue weighted by Gasteiger charge is -2.61. The lowest BCUT2D eigenvalue weighted by atomic mass is 9.64. The number of piperidine rings is 2. The molecule has 2 bridgehead atoms. The Morgan fingerprint density at radius 3 is 2.45 bits per heavy atom. The topological polar surface area (TPSA) is 86.7 Å². The number of nitrogens with zero attached hydrogens (tertiary/aromatic N) is 1. The molecular weight excluding hydrogens is 457 g/mol. The number of hydrogen-bond donors (Lipinski definition) is 2. The van der Waals surface area contributed by atoms with Crippen LogP contribution in [-0.4, -0.2) is 60.5 Å². The summed E-state index contributed by atoms with van der Waals surface area (Å²) in [6, 6.07) is 7.25. The zero-order valence-corrected chi connectivity index (χ0v) is 18.9. The molecule has 10 heteroatoms. The van der Waals surface area contributed by atoms with E-state index in [0.717, 1.165) is 18.4 Å². The van der Waals surface area contributed by atoms with Crippen LogP contribution in [0.15, 0.2) is 42.5 Å². The van der Waals surface area contributed by atoms with Gasteiger partial charge in [-0.2, -0.15) is 0 Å². The summed E-state index contributed by atoms with van der Waals surface area (Å²) >= 11 is 0. The fourth-order valence-corrected chi connectivity index (χ4v) is 5.82. The molecular formula is C23H25F3N2O4S. The number of aliphatic hydroxyl groups is 1. The molecule has 2 aromatic carbocycles. The zero-order valence-electron chi connectivity index (χ0n) is 18.1. The van der Waals surface area contributed by atoms with Gasteiger partial charge >= 0.3 is 0 Å². The minimum absolute atomic E-state index is 0.00237. The van der Waals surface area contributed by atoms with Crippen molar-refractivity contribution in [1.82, 2.24) is 9.62 Å². The first-order valence-corrected chi connectivity index (χ1v) is 12.5. The Hall–Kier alpha value is -2.43. The van der Waals surface area contributed by atoms with Gasteiger partial charge in [0, 0.05) is 24.4 Å². The van der Waals surface area contributed by atoms with Gasteiger partial charge in [0.25, 0.3) is 5.91 Å². The van der Waals surface area contributed by atoms with Crippen LogP contribution >= 0.6 is 0 Å². The van der Waals surface area contributed by atoms with Crippen LogP contribution in [0.4, 0.5) is 13.2 Å². The van der Waals surface area contributed by atoms with Crippen molar-refractivity contribution in [2.24, 2.45) is 0 Å². The van der Waals surface area contributed by atoms with Crippen LogP contribution in [0.1, 0.15) is 25.3 Å². The lowest BCUT2D eigenvalue weighted by molar-refractivity contribution is -0.174. The van der Waals surface area contributed by atoms with E-state index < -0.39 is 57.5 Å². The predicted octanol–water partition coefficient (Wildman–Crippen LogP) is 2.55. The number of rotatable bonds is 6. The van der Waals surface area contributed by atoms with E-state index in [-0.39, 0.29) is 30.4 Å². The van der Waals surface area contributed by atoms with E-state index in [9.17, 15) is 22.7 Å². The third-order valence-corrected chi connectivity index (χ3v) is 7.10. The number of hydrogen-bond acceptors (Lipinski definition) is 4. The van der Waals surface area contributed by atoms with Gasteiger partial charge in [-0.25, -0.2) is 26.3 Å². The monoisotopic (exact) mass is 482 g/mol. The standard InChI is InChI=1S/C23H25F3N2O4S/c1-13(29)22(30)28-17-11-23(26,12-17)21(27-33(2,31)32)19(28)9-15-8-16(24)10-18(20(15)25)14-6-4-3-5-7-14/h3-8,10,13,17,19,21,27,29H,9,11-12H2,1-2H3/t13-,17?,19?,21?,23?/m1/s1. The molecule has 0 aromatic heterocycles. The van der Waals surface area contributed by atoms with Gasteiger partial charge < -0.3 is 10.0 Å². The summed E-state index contributed by atoms with van der Waals surface area (Å²) in [5, 5.41) is 9.91. The Labute approximate surface area is 190 Å². The molecule has 0 radical (unpaired) electrons. The Morgan fingerprint density at radius 1 is 1.24 bits per heavy atom. The molecule has 2 aliphatic heterocycles. The third kappa shape index (κ3) is 4.51. The number of amides is 1. The second-order valence-corrected chi connectivity index (χ2v) is 10.7. The van der Waals surface area contributed by atoms with E-state index in [4.69, 9.17) is 0 Å². The Bertz CT molecular complexity index is 1170. The summed E-state index contributed by atoms with van der Waals surface area (Å²) in [6.45, 7) is 1.25. The maximum atomic E-state index is 15.6. The number of carbonyl (C=O) groups excluding carboxylic acids is 1. The highest BCUT2D eigenvalue weighted by Crippen LogP contribution is 2.50. The lowest BCUT2D eigenvalue weighted by Crippen LogP contribution is -2.77. The van der Waals surface area contributed by atoms with Crippen LogP contribution < -0.4 is 4.72 Å². The molecule has 2 N–H and O–H groups in total. The highest BCUT2D eigenvalue weighted by molar-refractivity contribution is 7.88. The van der Waals surface area contributed by atoms with Crippen LogP contribution in [0.2, 0.25) is 0 Å². The molecule has 5 rings (SSSR count). The molecule has 6 nitrogen and oxygen atoms in total. The van der Waals surface area contributed by atoms with Gasteiger partial charge in [0.1, 0.15) is 23.4 Å². The molecule has 2 saturated heterocycles. The van der Waals surface area contributed by atoms with Crippen molar-refractivity contribution in [3.8, 4) is 11.1 Å². The summed E-state index contributed by atoms with van der Waals surface area (Å²) in [6.07, 6.45) is -1.09. The molecule has 2 unspecified atom stereocenters. The van der Waals surface area contributed by atoms with Crippen LogP contribution in [0.5, 0.6) is 0 Å². The molecule has 178 valence electrons. The number of carbonyl (C=O) groups is 1. The fraction of sp³-hybridized carbons (Fsp3) is 0.435. The van der Waals surface area contributed by atoms with Crippen molar-refractivity contribution < 1.29 is 31.5 Å². The number of aliphatic hydroxyl groups excluding tert-OH is 1. The number of halogens is 3. The summed E-state index contributed by atoms with van der Waals surface area (Å²) in [5.74, 6) is -2.17. The van der Waals surface area contributed by atoms with Crippen LogP contribution in [0.3, 0.4) is 0 Å². The number of nitrogens with one attached hydrogen (secondary N) is 1. The van der Waals surface area contributed by atoms with Gasteiger partial charge in [-0.05, 0) is 36.6 Å². The highest BCUT2D eigenvalue weighted by Gasteiger charge is 2.63. The molecule has 3 fully saturated rings. The van der Waals surface area contributed by atoms with Crippen molar-refractivity contribution in [2.45, 2.75) is 56.1 Å². The van der Waals surface area contributed by atoms with Gasteiger partial charge in [-0.1, -0.05) is 30.3 Å². The summed E-state index contributed by atoms with van der Waals surface area (Å²) in [7, 11) is -3.89. The molecule has 1 aliphatic carbocycles. The summed E-state index contributed by atoms with van der Waals surface area (Å²) in [4.78, 5) is 14.0. The van der Waals surface area contributed by atoms with Gasteiger partial charge in [0.05, 0.1) is 18.3 Å². The van der Waals surface area contributed by atoms with Gasteiger partial charge in [0.15, 0.2) is 0 Å². The SMILES string of the molecule is C[C@@H](O)C(=O)N1C2CC(F)(C2)C(NS(C)(=O)=O)C1Cc1cc(F)cc(-c2ccccc2)c1F. The van der Waals surface area contributed by atoms with Gasteiger partial charge in [0.2, 0.25) is 10.0 Å². The molecule has 2 heterocycles. The van der Waals surface area contributed by atoms with E-state index in [2.05, 4.69) is 4.72 Å². The Morgan fingerprint density at radius 2 is 1.88 bits per heavy atom. The van der Waals surface area contributed by atoms with Crippen molar-refractivity contribution in [1.29, 1.82) is 0 Å². The molecule has 2 aromatic rings. The maximum absolute atomic E-state index is 15.6. The van der Waals surface area contributed by atoms with E-state index >= 15 is 8.78 Å². The number of benzene rings is 2. The highest BCUT2D eigenvalue weighted by atomic mass is 32.2. The molecule has 1 saturated carbocycles. The minimum Gasteiger partial charge on any atom is -0.384 e. The van der Waals surface area contributed by atoms with Crippen molar-refractivity contribution in [3.63, 3.8) is 0 Å². The fourth-order valence-electron chi connectivity index (χ4n) is 4.99. The van der Waals surface area contributed by atoms with E-state index in [1.807, 2.05) is 0 Å². The predicted molar refractivity (Wildman–Crippen MR) is 116 cm³/mol. The maximum Gasteiger partial charge on any atom is 0.251 e. The van der Waals surface area contributed by atoms with E-state index in [1.165, 1.54) is 11.8 Å². The third-order valence-electron chi connectivity index (χ3n) is 6.42. The normalized spacial score (nSPS) is 27.7. The number of sulfonamides is 1. The smallest absolute Gasteiger partial charge is 0.251 e. The molecule has 0 spiro atoms. The number of fused-ring (bicyclic) bond motifs is 2. The first-order chi connectivity index (χ1) is 15.4. The molecule has 33 heavy (non-hydrogen) atoms. The van der Waals surface area contributed by atoms with Crippen LogP contribution in [0.25, 0.3) is 11.1 Å². The second kappa shape index (κ2) is 8.41. The van der Waals surface area contributed by atoms with Gasteiger partial charge in [-0.15, -0.1) is 0 Å². The molecule has 3 atom stereocenters. The Balaban J connectivity index is 1.79.